The number of halogens is 1. The average molecular weight is 364 g/mol. The molecule has 2 fully saturated rings. The summed E-state index contributed by atoms with van der Waals surface area (Å²) in [6.45, 7) is 6.08. The van der Waals surface area contributed by atoms with E-state index in [0.717, 1.165) is 61.7 Å². The second-order valence-corrected chi connectivity index (χ2v) is 7.99. The second-order valence-electron chi connectivity index (χ2n) is 6.65. The van der Waals surface area contributed by atoms with Crippen LogP contribution in [-0.4, -0.2) is 61.0 Å². The molecule has 2 aliphatic heterocycles. The van der Waals surface area contributed by atoms with Gasteiger partial charge in [-0.3, -0.25) is 9.69 Å². The highest BCUT2D eigenvalue weighted by atomic mass is 35.5. The van der Waals surface area contributed by atoms with Crippen molar-refractivity contribution in [1.29, 1.82) is 0 Å². The van der Waals surface area contributed by atoms with Gasteiger partial charge in [0.25, 0.3) is 0 Å². The Hall–Kier alpha value is -1.14. The van der Waals surface area contributed by atoms with Crippen molar-refractivity contribution in [3.63, 3.8) is 0 Å². The Morgan fingerprint density at radius 1 is 1.29 bits per heavy atom. The summed E-state index contributed by atoms with van der Waals surface area (Å²) in [5.74, 6) is 0.243. The first-order valence-electron chi connectivity index (χ1n) is 8.59. The lowest BCUT2D eigenvalue weighted by Gasteiger charge is -2.32. The predicted octanol–water partition coefficient (Wildman–Crippen LogP) is 2.60. The van der Waals surface area contributed by atoms with Crippen molar-refractivity contribution in [1.82, 2.24) is 15.1 Å². The standard InChI is InChI=1S/C18H22ClN3OS/c19-14-1-2-17-16(10-14)13(12-24-17)9-18(23)22-6-3-15(11-22)21-7-4-20-5-8-21/h1-2,10,12,15,20H,3-9,11H2. The lowest BCUT2D eigenvalue weighted by molar-refractivity contribution is -0.129. The number of hydrogen-bond donors (Lipinski definition) is 1. The number of fused-ring (bicyclic) bond motifs is 1. The van der Waals surface area contributed by atoms with Gasteiger partial charge in [0.1, 0.15) is 0 Å². The number of carbonyl (C=O) groups is 1. The van der Waals surface area contributed by atoms with Crippen LogP contribution in [0.1, 0.15) is 12.0 Å². The molecule has 3 heterocycles. The summed E-state index contributed by atoms with van der Waals surface area (Å²) < 4.78 is 1.20. The van der Waals surface area contributed by atoms with Crippen molar-refractivity contribution in [2.45, 2.75) is 18.9 Å². The first-order valence-corrected chi connectivity index (χ1v) is 9.84. The molecule has 2 aliphatic rings. The Labute approximate surface area is 151 Å². The number of likely N-dealkylation sites (tertiary alicyclic amines) is 1. The maximum Gasteiger partial charge on any atom is 0.227 e. The summed E-state index contributed by atoms with van der Waals surface area (Å²) in [6.07, 6.45) is 1.58. The molecule has 1 aromatic carbocycles. The summed E-state index contributed by atoms with van der Waals surface area (Å²) in [6, 6.07) is 6.45. The fraction of sp³-hybridized carbons (Fsp3) is 0.500. The van der Waals surface area contributed by atoms with Crippen LogP contribution in [0.15, 0.2) is 23.6 Å². The fourth-order valence-corrected chi connectivity index (χ4v) is 4.89. The zero-order chi connectivity index (χ0) is 16.5. The summed E-state index contributed by atoms with van der Waals surface area (Å²) in [4.78, 5) is 17.3. The highest BCUT2D eigenvalue weighted by molar-refractivity contribution is 7.17. The van der Waals surface area contributed by atoms with E-state index in [0.29, 0.717) is 12.5 Å². The molecule has 1 aromatic heterocycles. The van der Waals surface area contributed by atoms with Gasteiger partial charge in [0.15, 0.2) is 0 Å². The number of rotatable bonds is 3. The number of nitrogens with zero attached hydrogens (tertiary/aromatic N) is 2. The number of hydrogen-bond acceptors (Lipinski definition) is 4. The highest BCUT2D eigenvalue weighted by Crippen LogP contribution is 2.29. The van der Waals surface area contributed by atoms with Crippen molar-refractivity contribution >= 4 is 38.9 Å². The highest BCUT2D eigenvalue weighted by Gasteiger charge is 2.31. The molecule has 128 valence electrons. The molecule has 4 nitrogen and oxygen atoms in total. The topological polar surface area (TPSA) is 35.6 Å². The van der Waals surface area contributed by atoms with Crippen molar-refractivity contribution in [2.24, 2.45) is 0 Å². The quantitative estimate of drug-likeness (QED) is 0.910. The van der Waals surface area contributed by atoms with E-state index in [2.05, 4.69) is 15.6 Å². The van der Waals surface area contributed by atoms with Gasteiger partial charge in [0.05, 0.1) is 6.42 Å². The van der Waals surface area contributed by atoms with Crippen LogP contribution >= 0.6 is 22.9 Å². The van der Waals surface area contributed by atoms with E-state index in [9.17, 15) is 4.79 Å². The monoisotopic (exact) mass is 363 g/mol. The van der Waals surface area contributed by atoms with E-state index in [-0.39, 0.29) is 5.91 Å². The molecule has 0 saturated carbocycles. The normalized spacial score (nSPS) is 22.4. The number of piperazine rings is 1. The molecule has 0 spiro atoms. The molecule has 4 rings (SSSR count). The molecule has 2 aromatic rings. The molecule has 1 amide bonds. The van der Waals surface area contributed by atoms with Crippen molar-refractivity contribution < 1.29 is 4.79 Å². The van der Waals surface area contributed by atoms with Gasteiger partial charge >= 0.3 is 0 Å². The zero-order valence-electron chi connectivity index (χ0n) is 13.6. The molecule has 0 aliphatic carbocycles. The third kappa shape index (κ3) is 3.31. The Kier molecular flexibility index (Phi) is 4.77. The van der Waals surface area contributed by atoms with E-state index in [1.54, 1.807) is 11.3 Å². The smallest absolute Gasteiger partial charge is 0.227 e. The van der Waals surface area contributed by atoms with E-state index < -0.39 is 0 Å². The minimum atomic E-state index is 0.243. The molecular formula is C18H22ClN3OS. The molecule has 2 saturated heterocycles. The molecule has 0 bridgehead atoms. The zero-order valence-corrected chi connectivity index (χ0v) is 15.2. The van der Waals surface area contributed by atoms with Gasteiger partial charge in [-0.2, -0.15) is 0 Å². The van der Waals surface area contributed by atoms with Crippen LogP contribution in [-0.2, 0) is 11.2 Å². The minimum absolute atomic E-state index is 0.243. The van der Waals surface area contributed by atoms with Crippen molar-refractivity contribution in [2.75, 3.05) is 39.3 Å². The third-order valence-electron chi connectivity index (χ3n) is 5.14. The van der Waals surface area contributed by atoms with E-state index >= 15 is 0 Å². The number of thiophene rings is 1. The van der Waals surface area contributed by atoms with Gasteiger partial charge in [0, 0.05) is 55.0 Å². The lowest BCUT2D eigenvalue weighted by Crippen LogP contribution is -2.49. The van der Waals surface area contributed by atoms with E-state index in [1.165, 1.54) is 4.70 Å². The van der Waals surface area contributed by atoms with Crippen molar-refractivity contribution in [3.8, 4) is 0 Å². The molecule has 1 unspecified atom stereocenters. The minimum Gasteiger partial charge on any atom is -0.341 e. The van der Waals surface area contributed by atoms with Crippen LogP contribution < -0.4 is 5.32 Å². The van der Waals surface area contributed by atoms with Crippen LogP contribution in [0.4, 0.5) is 0 Å². The molecule has 6 heteroatoms. The van der Waals surface area contributed by atoms with Gasteiger partial charge in [-0.15, -0.1) is 11.3 Å². The van der Waals surface area contributed by atoms with Gasteiger partial charge < -0.3 is 10.2 Å². The number of benzene rings is 1. The Morgan fingerprint density at radius 3 is 2.96 bits per heavy atom. The van der Waals surface area contributed by atoms with Gasteiger partial charge in [-0.1, -0.05) is 11.6 Å². The number of nitrogens with one attached hydrogen (secondary N) is 1. The Bertz CT molecular complexity index is 741. The van der Waals surface area contributed by atoms with Gasteiger partial charge in [0.2, 0.25) is 5.91 Å². The largest absolute Gasteiger partial charge is 0.341 e. The van der Waals surface area contributed by atoms with Crippen molar-refractivity contribution in [3.05, 3.63) is 34.2 Å². The predicted molar refractivity (Wildman–Crippen MR) is 100.0 cm³/mol. The van der Waals surface area contributed by atoms with Crippen LogP contribution in [0.3, 0.4) is 0 Å². The summed E-state index contributed by atoms with van der Waals surface area (Å²) in [5.41, 5.74) is 1.10. The SMILES string of the molecule is O=C(Cc1csc2ccc(Cl)cc12)N1CCC(N2CCNCC2)C1. The van der Waals surface area contributed by atoms with Crippen LogP contribution in [0.5, 0.6) is 0 Å². The second kappa shape index (κ2) is 7.00. The fourth-order valence-electron chi connectivity index (χ4n) is 3.78. The first-order chi connectivity index (χ1) is 11.7. The lowest BCUT2D eigenvalue weighted by atomic mass is 10.1. The molecule has 1 atom stereocenters. The summed E-state index contributed by atoms with van der Waals surface area (Å²) >= 11 is 7.80. The van der Waals surface area contributed by atoms with Gasteiger partial charge in [-0.05, 0) is 40.9 Å². The molecule has 0 radical (unpaired) electrons. The first kappa shape index (κ1) is 16.3. The summed E-state index contributed by atoms with van der Waals surface area (Å²) in [5, 5.41) is 7.35. The summed E-state index contributed by atoms with van der Waals surface area (Å²) in [7, 11) is 0. The van der Waals surface area contributed by atoms with Crippen LogP contribution in [0, 0.1) is 0 Å². The van der Waals surface area contributed by atoms with E-state index in [1.807, 2.05) is 23.1 Å². The number of carbonyl (C=O) groups excluding carboxylic acids is 1. The molecule has 1 N–H and O–H groups in total. The Balaban J connectivity index is 1.41. The third-order valence-corrected chi connectivity index (χ3v) is 6.39. The molecular weight excluding hydrogens is 342 g/mol. The van der Waals surface area contributed by atoms with Crippen LogP contribution in [0.2, 0.25) is 5.02 Å². The maximum atomic E-state index is 12.7. The average Bonchev–Trinajstić information content (AvgIpc) is 3.23. The van der Waals surface area contributed by atoms with Crippen LogP contribution in [0.25, 0.3) is 10.1 Å². The maximum absolute atomic E-state index is 12.7. The van der Waals surface area contributed by atoms with E-state index in [4.69, 9.17) is 11.6 Å². The molecule has 24 heavy (non-hydrogen) atoms. The Morgan fingerprint density at radius 2 is 2.12 bits per heavy atom. The van der Waals surface area contributed by atoms with Gasteiger partial charge in [-0.25, -0.2) is 0 Å². The number of amides is 1.